The highest BCUT2D eigenvalue weighted by atomic mass is 79.9. The van der Waals surface area contributed by atoms with Crippen LogP contribution in [0.25, 0.3) is 0 Å². The molecule has 3 rings (SSSR count). The molecule has 0 amide bonds. The lowest BCUT2D eigenvalue weighted by Crippen LogP contribution is -3.00. The number of carbonyl (C=O) groups excluding carboxylic acids is 1. The van der Waals surface area contributed by atoms with Crippen molar-refractivity contribution in [2.45, 2.75) is 25.9 Å². The van der Waals surface area contributed by atoms with Crippen LogP contribution in [-0.2, 0) is 6.54 Å². The smallest absolute Gasteiger partial charge is 0.185 e. The van der Waals surface area contributed by atoms with Crippen LogP contribution in [0, 0.1) is 5.41 Å². The molecule has 1 N–H and O–H groups in total. The molecule has 0 fully saturated rings. The third-order valence-electron chi connectivity index (χ3n) is 4.09. The van der Waals surface area contributed by atoms with Gasteiger partial charge in [0.2, 0.25) is 0 Å². The van der Waals surface area contributed by atoms with E-state index >= 15 is 0 Å². The first kappa shape index (κ1) is 17.7. The lowest BCUT2D eigenvalue weighted by Gasteiger charge is -2.27. The maximum Gasteiger partial charge on any atom is 0.185 e. The van der Waals surface area contributed by atoms with Gasteiger partial charge in [0.05, 0.1) is 6.04 Å². The first-order valence-electron chi connectivity index (χ1n) is 7.35. The zero-order valence-corrected chi connectivity index (χ0v) is 15.1. The van der Waals surface area contributed by atoms with Crippen LogP contribution in [0.4, 0.5) is 0 Å². The summed E-state index contributed by atoms with van der Waals surface area (Å²) in [6.07, 6.45) is 0.665. The molecule has 1 aliphatic rings. The van der Waals surface area contributed by atoms with Gasteiger partial charge in [-0.05, 0) is 36.2 Å². The molecule has 0 aliphatic carbocycles. The normalized spacial score (nSPS) is 14.2. The minimum Gasteiger partial charge on any atom is -1.00 e. The van der Waals surface area contributed by atoms with Crippen LogP contribution in [0.3, 0.4) is 0 Å². The van der Waals surface area contributed by atoms with E-state index in [-0.39, 0.29) is 28.8 Å². The molecule has 0 bridgehead atoms. The number of fused-ring (bicyclic) bond motifs is 1. The summed E-state index contributed by atoms with van der Waals surface area (Å²) in [5.74, 6) is 0.474. The van der Waals surface area contributed by atoms with Crippen LogP contribution < -0.4 is 17.0 Å². The van der Waals surface area contributed by atoms with Gasteiger partial charge in [-0.25, -0.2) is 0 Å². The van der Waals surface area contributed by atoms with E-state index in [1.165, 1.54) is 0 Å². The van der Waals surface area contributed by atoms with Crippen LogP contribution in [-0.4, -0.2) is 22.6 Å². The molecule has 2 aromatic rings. The number of amidine groups is 1. The van der Waals surface area contributed by atoms with Crippen LogP contribution in [0.15, 0.2) is 48.5 Å². The highest BCUT2D eigenvalue weighted by Crippen LogP contribution is 2.27. The van der Waals surface area contributed by atoms with Gasteiger partial charge in [0, 0.05) is 22.7 Å². The van der Waals surface area contributed by atoms with Gasteiger partial charge in [0.1, 0.15) is 5.84 Å². The van der Waals surface area contributed by atoms with Crippen molar-refractivity contribution in [3.8, 4) is 0 Å². The van der Waals surface area contributed by atoms with Crippen molar-refractivity contribution in [1.29, 1.82) is 5.41 Å². The zero-order valence-electron chi connectivity index (χ0n) is 12.7. The second kappa shape index (κ2) is 7.28. The summed E-state index contributed by atoms with van der Waals surface area (Å²) < 4.78 is 0. The van der Waals surface area contributed by atoms with E-state index in [1.54, 1.807) is 24.3 Å². The lowest BCUT2D eigenvalue weighted by molar-refractivity contribution is -0.0000125. The Bertz CT molecular complexity index is 730. The predicted octanol–water partition coefficient (Wildman–Crippen LogP) is 1.15. The molecular formula is C18H17BrClN2O-. The van der Waals surface area contributed by atoms with E-state index in [2.05, 4.69) is 0 Å². The number of hydrogen-bond acceptors (Lipinski definition) is 2. The summed E-state index contributed by atoms with van der Waals surface area (Å²) in [4.78, 5) is 14.7. The van der Waals surface area contributed by atoms with E-state index in [1.807, 2.05) is 36.1 Å². The quantitative estimate of drug-likeness (QED) is 0.793. The molecule has 1 atom stereocenters. The molecule has 0 aromatic heterocycles. The molecule has 0 saturated heterocycles. The average Bonchev–Trinajstić information content (AvgIpc) is 2.86. The molecular weight excluding hydrogens is 376 g/mol. The Morgan fingerprint density at radius 3 is 2.48 bits per heavy atom. The lowest BCUT2D eigenvalue weighted by atomic mass is 10.0. The second-order valence-corrected chi connectivity index (χ2v) is 5.87. The van der Waals surface area contributed by atoms with Gasteiger partial charge in [-0.2, -0.15) is 0 Å². The molecule has 5 heteroatoms. The zero-order chi connectivity index (χ0) is 15.7. The number of ketones is 1. The molecule has 0 radical (unpaired) electrons. The number of nitrogens with zero attached hydrogens (tertiary/aromatic N) is 1. The molecule has 0 saturated carbocycles. The fourth-order valence-corrected chi connectivity index (χ4v) is 3.05. The predicted molar refractivity (Wildman–Crippen MR) is 88.7 cm³/mol. The van der Waals surface area contributed by atoms with Crippen molar-refractivity contribution in [1.82, 2.24) is 4.90 Å². The van der Waals surface area contributed by atoms with E-state index in [0.29, 0.717) is 29.4 Å². The SMILES string of the molecule is CCC(C(=O)c1ccc(Cl)cc1)N1Cc2ccccc2C1=N.[Br-]. The van der Waals surface area contributed by atoms with Crippen molar-refractivity contribution in [3.05, 3.63) is 70.2 Å². The standard InChI is InChI=1S/C18H17ClN2O.BrH/c1-2-16(17(22)12-7-9-14(19)10-8-12)21-11-13-5-3-4-6-15(13)18(21)20;/h3-10,16,20H,2,11H2,1H3;1H/p-1. The Hall–Kier alpha value is -1.65. The highest BCUT2D eigenvalue weighted by molar-refractivity contribution is 6.30. The van der Waals surface area contributed by atoms with Gasteiger partial charge < -0.3 is 21.9 Å². The molecule has 1 heterocycles. The Kier molecular flexibility index (Phi) is 5.60. The van der Waals surface area contributed by atoms with Gasteiger partial charge in [-0.3, -0.25) is 10.2 Å². The minimum atomic E-state index is -0.318. The first-order chi connectivity index (χ1) is 10.6. The Morgan fingerprint density at radius 1 is 1.22 bits per heavy atom. The van der Waals surface area contributed by atoms with Gasteiger partial charge in [0.25, 0.3) is 0 Å². The third-order valence-corrected chi connectivity index (χ3v) is 4.35. The number of rotatable bonds is 4. The van der Waals surface area contributed by atoms with Crippen molar-refractivity contribution in [2.75, 3.05) is 0 Å². The van der Waals surface area contributed by atoms with E-state index in [9.17, 15) is 4.79 Å². The number of halogens is 2. The molecule has 0 spiro atoms. The van der Waals surface area contributed by atoms with Crippen LogP contribution in [0.5, 0.6) is 0 Å². The van der Waals surface area contributed by atoms with Crippen molar-refractivity contribution >= 4 is 23.2 Å². The summed E-state index contributed by atoms with van der Waals surface area (Å²) in [6, 6.07) is 14.5. The van der Waals surface area contributed by atoms with Gasteiger partial charge in [-0.1, -0.05) is 42.8 Å². The molecule has 3 nitrogen and oxygen atoms in total. The monoisotopic (exact) mass is 391 g/mol. The van der Waals surface area contributed by atoms with Crippen molar-refractivity contribution < 1.29 is 21.8 Å². The summed E-state index contributed by atoms with van der Waals surface area (Å²) >= 11 is 5.89. The fraction of sp³-hybridized carbons (Fsp3) is 0.222. The average molecular weight is 393 g/mol. The summed E-state index contributed by atoms with van der Waals surface area (Å²) in [5.41, 5.74) is 2.67. The van der Waals surface area contributed by atoms with E-state index in [4.69, 9.17) is 17.0 Å². The number of hydrogen-bond donors (Lipinski definition) is 1. The highest BCUT2D eigenvalue weighted by Gasteiger charge is 2.33. The second-order valence-electron chi connectivity index (χ2n) is 5.43. The third kappa shape index (κ3) is 3.33. The topological polar surface area (TPSA) is 44.2 Å². The molecule has 1 aliphatic heterocycles. The molecule has 120 valence electrons. The first-order valence-corrected chi connectivity index (χ1v) is 7.73. The Morgan fingerprint density at radius 2 is 1.87 bits per heavy atom. The number of benzene rings is 2. The molecule has 23 heavy (non-hydrogen) atoms. The maximum atomic E-state index is 12.8. The molecule has 1 unspecified atom stereocenters. The van der Waals surface area contributed by atoms with Crippen LogP contribution in [0.2, 0.25) is 5.02 Å². The summed E-state index contributed by atoms with van der Waals surface area (Å²) in [5, 5.41) is 8.98. The fourth-order valence-electron chi connectivity index (χ4n) is 2.93. The van der Waals surface area contributed by atoms with Crippen molar-refractivity contribution in [2.24, 2.45) is 0 Å². The summed E-state index contributed by atoms with van der Waals surface area (Å²) in [6.45, 7) is 2.60. The van der Waals surface area contributed by atoms with E-state index in [0.717, 1.165) is 11.1 Å². The van der Waals surface area contributed by atoms with Gasteiger partial charge >= 0.3 is 0 Å². The minimum absolute atomic E-state index is 0. The van der Waals surface area contributed by atoms with Crippen LogP contribution in [0.1, 0.15) is 34.8 Å². The summed E-state index contributed by atoms with van der Waals surface area (Å²) in [7, 11) is 0. The number of carbonyl (C=O) groups is 1. The Balaban J connectivity index is 0.00000192. The number of Topliss-reactive ketones (excluding diaryl/α,β-unsaturated/α-hetero) is 1. The largest absolute Gasteiger partial charge is 1.00 e. The van der Waals surface area contributed by atoms with E-state index < -0.39 is 0 Å². The Labute approximate surface area is 151 Å². The van der Waals surface area contributed by atoms with Gasteiger partial charge in [0.15, 0.2) is 5.78 Å². The van der Waals surface area contributed by atoms with Crippen molar-refractivity contribution in [3.63, 3.8) is 0 Å². The maximum absolute atomic E-state index is 12.8. The van der Waals surface area contributed by atoms with Gasteiger partial charge in [-0.15, -0.1) is 0 Å². The van der Waals surface area contributed by atoms with Crippen LogP contribution >= 0.6 is 11.6 Å². The molecule has 2 aromatic carbocycles. The number of nitrogens with one attached hydrogen (secondary N) is 1.